The molecule has 0 saturated carbocycles. The number of hydrogen-bond donors (Lipinski definition) is 0. The maximum absolute atomic E-state index is 11.7. The van der Waals surface area contributed by atoms with Crippen molar-refractivity contribution in [2.75, 3.05) is 0 Å². The minimum Gasteiger partial charge on any atom is -0.296 e. The number of halogens is 1. The van der Waals surface area contributed by atoms with Gasteiger partial charge >= 0.3 is 0 Å². The van der Waals surface area contributed by atoms with Crippen LogP contribution in [0.1, 0.15) is 11.5 Å². The lowest BCUT2D eigenvalue weighted by molar-refractivity contribution is 0.623. The van der Waals surface area contributed by atoms with Crippen LogP contribution in [0, 0.1) is 6.92 Å². The average Bonchev–Trinajstić information content (AvgIpc) is 2.29. The van der Waals surface area contributed by atoms with Crippen LogP contribution in [-0.4, -0.2) is 14.5 Å². The van der Waals surface area contributed by atoms with Crippen molar-refractivity contribution >= 4 is 11.6 Å². The van der Waals surface area contributed by atoms with Crippen molar-refractivity contribution in [1.29, 1.82) is 0 Å². The Kier molecular flexibility index (Phi) is 3.54. The molecule has 0 unspecified atom stereocenters. The third-order valence-corrected chi connectivity index (χ3v) is 2.68. The first-order valence-corrected chi connectivity index (χ1v) is 5.68. The van der Waals surface area contributed by atoms with Gasteiger partial charge in [0, 0.05) is 30.9 Å². The van der Waals surface area contributed by atoms with E-state index in [2.05, 4.69) is 9.97 Å². The Labute approximate surface area is 104 Å². The first-order chi connectivity index (χ1) is 8.16. The van der Waals surface area contributed by atoms with E-state index in [1.54, 1.807) is 17.7 Å². The minimum atomic E-state index is -0.126. The molecule has 0 amide bonds. The smallest absolute Gasteiger partial charge is 0.254 e. The summed E-state index contributed by atoms with van der Waals surface area (Å²) in [5, 5.41) is 0.238. The van der Waals surface area contributed by atoms with Crippen LogP contribution in [0.15, 0.2) is 35.3 Å². The molecule has 0 atom stereocenters. The fraction of sp³-hybridized carbons (Fsp3) is 0.250. The molecule has 0 aliphatic heterocycles. The van der Waals surface area contributed by atoms with Gasteiger partial charge in [0.05, 0.1) is 0 Å². The van der Waals surface area contributed by atoms with Crippen LogP contribution in [0.3, 0.4) is 0 Å². The zero-order valence-electron chi connectivity index (χ0n) is 9.43. The van der Waals surface area contributed by atoms with Crippen molar-refractivity contribution < 1.29 is 0 Å². The highest BCUT2D eigenvalue weighted by Crippen LogP contribution is 2.03. The van der Waals surface area contributed by atoms with Gasteiger partial charge in [-0.25, -0.2) is 4.98 Å². The van der Waals surface area contributed by atoms with E-state index in [-0.39, 0.29) is 10.7 Å². The maximum atomic E-state index is 11.7. The molecule has 2 aromatic rings. The van der Waals surface area contributed by atoms with E-state index in [1.807, 2.05) is 18.2 Å². The van der Waals surface area contributed by atoms with Crippen LogP contribution in [-0.2, 0) is 13.0 Å². The SMILES string of the molecule is Cc1nc(Cl)cc(=O)n1CCc1ccccn1. The standard InChI is InChI=1S/C12H12ClN3O/c1-9-15-11(13)8-12(17)16(9)7-5-10-4-2-3-6-14-10/h2-4,6,8H,5,7H2,1H3. The van der Waals surface area contributed by atoms with Crippen LogP contribution in [0.4, 0.5) is 0 Å². The van der Waals surface area contributed by atoms with Crippen LogP contribution >= 0.6 is 11.6 Å². The van der Waals surface area contributed by atoms with Crippen molar-refractivity contribution in [3.63, 3.8) is 0 Å². The molecular formula is C12H12ClN3O. The molecule has 0 spiro atoms. The van der Waals surface area contributed by atoms with Crippen LogP contribution < -0.4 is 5.56 Å². The van der Waals surface area contributed by atoms with E-state index in [0.29, 0.717) is 18.8 Å². The summed E-state index contributed by atoms with van der Waals surface area (Å²) in [5.74, 6) is 0.624. The molecule has 2 rings (SSSR count). The Bertz CT molecular complexity index is 566. The van der Waals surface area contributed by atoms with Gasteiger partial charge in [0.25, 0.3) is 5.56 Å². The first kappa shape index (κ1) is 11.8. The summed E-state index contributed by atoms with van der Waals surface area (Å²) in [6, 6.07) is 7.06. The molecule has 4 nitrogen and oxygen atoms in total. The van der Waals surface area contributed by atoms with Crippen molar-refractivity contribution in [2.24, 2.45) is 0 Å². The van der Waals surface area contributed by atoms with E-state index in [9.17, 15) is 4.79 Å². The summed E-state index contributed by atoms with van der Waals surface area (Å²) in [7, 11) is 0. The number of pyridine rings is 1. The zero-order chi connectivity index (χ0) is 12.3. The fourth-order valence-corrected chi connectivity index (χ4v) is 1.85. The Balaban J connectivity index is 2.18. The third-order valence-electron chi connectivity index (χ3n) is 2.49. The Hall–Kier alpha value is -1.68. The Morgan fingerprint density at radius 3 is 2.88 bits per heavy atom. The van der Waals surface area contributed by atoms with Crippen LogP contribution in [0.5, 0.6) is 0 Å². The van der Waals surface area contributed by atoms with Crippen molar-refractivity contribution in [2.45, 2.75) is 19.9 Å². The second-order valence-electron chi connectivity index (χ2n) is 3.69. The summed E-state index contributed by atoms with van der Waals surface area (Å²) < 4.78 is 1.60. The fourth-order valence-electron chi connectivity index (χ4n) is 1.63. The summed E-state index contributed by atoms with van der Waals surface area (Å²) in [5.41, 5.74) is 0.826. The van der Waals surface area contributed by atoms with E-state index in [0.717, 1.165) is 5.69 Å². The molecule has 0 radical (unpaired) electrons. The summed E-state index contributed by atoms with van der Waals surface area (Å²) in [6.07, 6.45) is 2.44. The quantitative estimate of drug-likeness (QED) is 0.780. The second-order valence-corrected chi connectivity index (χ2v) is 4.07. The lowest BCUT2D eigenvalue weighted by Crippen LogP contribution is -2.24. The lowest BCUT2D eigenvalue weighted by Gasteiger charge is -2.08. The van der Waals surface area contributed by atoms with Gasteiger partial charge in [-0.15, -0.1) is 0 Å². The number of nitrogens with zero attached hydrogens (tertiary/aromatic N) is 3. The largest absolute Gasteiger partial charge is 0.296 e. The van der Waals surface area contributed by atoms with Gasteiger partial charge in [-0.3, -0.25) is 14.3 Å². The minimum absolute atomic E-state index is 0.126. The van der Waals surface area contributed by atoms with Gasteiger partial charge in [0.15, 0.2) is 0 Å². The highest BCUT2D eigenvalue weighted by Gasteiger charge is 2.04. The topological polar surface area (TPSA) is 47.8 Å². The summed E-state index contributed by atoms with van der Waals surface area (Å²) >= 11 is 5.70. The van der Waals surface area contributed by atoms with Gasteiger partial charge in [-0.05, 0) is 19.1 Å². The Morgan fingerprint density at radius 2 is 2.24 bits per heavy atom. The van der Waals surface area contributed by atoms with Gasteiger partial charge in [-0.1, -0.05) is 17.7 Å². The molecule has 0 bridgehead atoms. The predicted molar refractivity (Wildman–Crippen MR) is 66.2 cm³/mol. The molecule has 0 aromatic carbocycles. The number of aryl methyl sites for hydroxylation is 2. The van der Waals surface area contributed by atoms with Crippen molar-refractivity contribution in [1.82, 2.24) is 14.5 Å². The maximum Gasteiger partial charge on any atom is 0.254 e. The van der Waals surface area contributed by atoms with Gasteiger partial charge < -0.3 is 0 Å². The van der Waals surface area contributed by atoms with E-state index in [1.165, 1.54) is 6.07 Å². The summed E-state index contributed by atoms with van der Waals surface area (Å²) in [6.45, 7) is 2.33. The molecule has 17 heavy (non-hydrogen) atoms. The van der Waals surface area contributed by atoms with Crippen LogP contribution in [0.2, 0.25) is 5.15 Å². The molecule has 0 aliphatic rings. The molecule has 0 fully saturated rings. The second kappa shape index (κ2) is 5.10. The molecule has 2 aromatic heterocycles. The van der Waals surface area contributed by atoms with E-state index >= 15 is 0 Å². The predicted octanol–water partition coefficient (Wildman–Crippen LogP) is 1.84. The van der Waals surface area contributed by atoms with E-state index < -0.39 is 0 Å². The average molecular weight is 250 g/mol. The highest BCUT2D eigenvalue weighted by atomic mass is 35.5. The van der Waals surface area contributed by atoms with Gasteiger partial charge in [-0.2, -0.15) is 0 Å². The number of rotatable bonds is 3. The zero-order valence-corrected chi connectivity index (χ0v) is 10.2. The number of hydrogen-bond acceptors (Lipinski definition) is 3. The number of aromatic nitrogens is 3. The summed E-state index contributed by atoms with van der Waals surface area (Å²) in [4.78, 5) is 20.0. The molecule has 2 heterocycles. The van der Waals surface area contributed by atoms with Gasteiger partial charge in [0.2, 0.25) is 0 Å². The van der Waals surface area contributed by atoms with Crippen molar-refractivity contribution in [3.05, 3.63) is 57.5 Å². The Morgan fingerprint density at radius 1 is 1.41 bits per heavy atom. The van der Waals surface area contributed by atoms with Crippen LogP contribution in [0.25, 0.3) is 0 Å². The molecule has 0 aliphatic carbocycles. The van der Waals surface area contributed by atoms with Crippen molar-refractivity contribution in [3.8, 4) is 0 Å². The molecule has 88 valence electrons. The molecule has 0 N–H and O–H groups in total. The molecular weight excluding hydrogens is 238 g/mol. The lowest BCUT2D eigenvalue weighted by atomic mass is 10.2. The first-order valence-electron chi connectivity index (χ1n) is 5.31. The monoisotopic (exact) mass is 249 g/mol. The highest BCUT2D eigenvalue weighted by molar-refractivity contribution is 6.29. The van der Waals surface area contributed by atoms with E-state index in [4.69, 9.17) is 11.6 Å². The molecule has 0 saturated heterocycles. The third kappa shape index (κ3) is 2.91. The normalized spacial score (nSPS) is 10.5. The molecule has 5 heteroatoms. The van der Waals surface area contributed by atoms with Gasteiger partial charge in [0.1, 0.15) is 11.0 Å².